The number of alkyl halides is 2. The van der Waals surface area contributed by atoms with E-state index >= 15 is 0 Å². The van der Waals surface area contributed by atoms with Crippen molar-refractivity contribution in [2.24, 2.45) is 5.92 Å². The summed E-state index contributed by atoms with van der Waals surface area (Å²) < 4.78 is 34.6. The number of aromatic nitrogens is 3. The van der Waals surface area contributed by atoms with Gasteiger partial charge in [-0.05, 0) is 48.6 Å². The van der Waals surface area contributed by atoms with Gasteiger partial charge in [0.05, 0.1) is 7.11 Å². The third-order valence-electron chi connectivity index (χ3n) is 5.43. The molecule has 1 saturated heterocycles. The molecule has 1 aliphatic heterocycles. The maximum Gasteiger partial charge on any atom is 0.387 e. The highest BCUT2D eigenvalue weighted by Gasteiger charge is 2.18. The minimum absolute atomic E-state index is 0.101. The van der Waals surface area contributed by atoms with Crippen LogP contribution < -0.4 is 19.7 Å². The van der Waals surface area contributed by atoms with Crippen LogP contribution >= 0.6 is 0 Å². The standard InChI is InChI=1S/C23H25F2N5O2/c1-15-8-11-30(12-9-15)23-26-10-7-20(29-23)28-19-13-17(14-27-21(19)31-2)16-3-5-18(6-4-16)32-22(24)25/h3-7,10,13-15,22H,8-9,11-12H2,1-2H3,(H,26,28,29). The molecule has 0 saturated carbocycles. The first-order valence-corrected chi connectivity index (χ1v) is 10.5. The normalized spacial score (nSPS) is 14.5. The Hall–Kier alpha value is -3.49. The molecule has 0 atom stereocenters. The zero-order valence-corrected chi connectivity index (χ0v) is 18.0. The van der Waals surface area contributed by atoms with E-state index in [2.05, 4.69) is 36.8 Å². The number of rotatable bonds is 7. The molecular formula is C23H25F2N5O2. The Kier molecular flexibility index (Phi) is 6.63. The fourth-order valence-corrected chi connectivity index (χ4v) is 3.61. The lowest BCUT2D eigenvalue weighted by Crippen LogP contribution is -2.34. The lowest BCUT2D eigenvalue weighted by Gasteiger charge is -2.30. The van der Waals surface area contributed by atoms with Crippen molar-refractivity contribution in [2.75, 3.05) is 30.4 Å². The van der Waals surface area contributed by atoms with Crippen molar-refractivity contribution in [3.05, 3.63) is 48.8 Å². The largest absolute Gasteiger partial charge is 0.480 e. The number of nitrogens with zero attached hydrogens (tertiary/aromatic N) is 4. The molecule has 3 aromatic rings. The molecule has 0 unspecified atom stereocenters. The van der Waals surface area contributed by atoms with Crippen LogP contribution in [0.2, 0.25) is 0 Å². The van der Waals surface area contributed by atoms with E-state index in [0.717, 1.165) is 43.0 Å². The van der Waals surface area contributed by atoms with E-state index in [1.807, 2.05) is 6.07 Å². The van der Waals surface area contributed by atoms with Crippen LogP contribution in [0.25, 0.3) is 11.1 Å². The minimum atomic E-state index is -2.86. The van der Waals surface area contributed by atoms with Gasteiger partial charge < -0.3 is 19.7 Å². The number of benzene rings is 1. The van der Waals surface area contributed by atoms with E-state index < -0.39 is 6.61 Å². The summed E-state index contributed by atoms with van der Waals surface area (Å²) in [5.74, 6) is 2.57. The van der Waals surface area contributed by atoms with Crippen LogP contribution in [0.1, 0.15) is 19.8 Å². The van der Waals surface area contributed by atoms with Crippen molar-refractivity contribution < 1.29 is 18.3 Å². The second kappa shape index (κ2) is 9.76. The number of pyridine rings is 1. The highest BCUT2D eigenvalue weighted by atomic mass is 19.3. The molecule has 0 bridgehead atoms. The number of ether oxygens (including phenoxy) is 2. The average molecular weight is 441 g/mol. The Morgan fingerprint density at radius 3 is 2.50 bits per heavy atom. The van der Waals surface area contributed by atoms with Crippen molar-refractivity contribution in [3.63, 3.8) is 0 Å². The van der Waals surface area contributed by atoms with E-state index in [9.17, 15) is 8.78 Å². The van der Waals surface area contributed by atoms with Crippen molar-refractivity contribution in [2.45, 2.75) is 26.4 Å². The lowest BCUT2D eigenvalue weighted by molar-refractivity contribution is -0.0498. The molecule has 1 aromatic carbocycles. The van der Waals surface area contributed by atoms with Gasteiger partial charge in [0.1, 0.15) is 17.3 Å². The summed E-state index contributed by atoms with van der Waals surface area (Å²) in [6.45, 7) is 1.29. The van der Waals surface area contributed by atoms with Crippen LogP contribution in [-0.2, 0) is 0 Å². The molecule has 1 fully saturated rings. The average Bonchev–Trinajstić information content (AvgIpc) is 2.80. The van der Waals surface area contributed by atoms with Gasteiger partial charge in [0, 0.05) is 31.0 Å². The molecule has 2 aromatic heterocycles. The van der Waals surface area contributed by atoms with Crippen molar-refractivity contribution in [1.29, 1.82) is 0 Å². The molecule has 4 rings (SSSR count). The highest BCUT2D eigenvalue weighted by Crippen LogP contribution is 2.31. The number of hydrogen-bond donors (Lipinski definition) is 1. The predicted molar refractivity (Wildman–Crippen MR) is 119 cm³/mol. The maximum absolute atomic E-state index is 12.4. The quantitative estimate of drug-likeness (QED) is 0.545. The van der Waals surface area contributed by atoms with Gasteiger partial charge in [0.2, 0.25) is 11.8 Å². The second-order valence-electron chi connectivity index (χ2n) is 7.72. The molecule has 7 nitrogen and oxygen atoms in total. The van der Waals surface area contributed by atoms with E-state index in [1.54, 1.807) is 37.7 Å². The van der Waals surface area contributed by atoms with Crippen LogP contribution in [0, 0.1) is 5.92 Å². The summed E-state index contributed by atoms with van der Waals surface area (Å²) in [6, 6.07) is 10.1. The van der Waals surface area contributed by atoms with Crippen LogP contribution in [-0.4, -0.2) is 41.8 Å². The molecule has 9 heteroatoms. The third kappa shape index (κ3) is 5.22. The molecule has 1 N–H and O–H groups in total. The first-order chi connectivity index (χ1) is 15.5. The summed E-state index contributed by atoms with van der Waals surface area (Å²) in [7, 11) is 1.55. The minimum Gasteiger partial charge on any atom is -0.480 e. The van der Waals surface area contributed by atoms with E-state index in [-0.39, 0.29) is 5.75 Å². The molecule has 32 heavy (non-hydrogen) atoms. The Balaban J connectivity index is 1.55. The van der Waals surface area contributed by atoms with Crippen LogP contribution in [0.4, 0.5) is 26.2 Å². The third-order valence-corrected chi connectivity index (χ3v) is 5.43. The molecule has 0 spiro atoms. The molecule has 0 aliphatic carbocycles. The van der Waals surface area contributed by atoms with Gasteiger partial charge in [-0.2, -0.15) is 13.8 Å². The van der Waals surface area contributed by atoms with Gasteiger partial charge in [-0.1, -0.05) is 19.1 Å². The summed E-state index contributed by atoms with van der Waals surface area (Å²) in [4.78, 5) is 15.7. The van der Waals surface area contributed by atoms with Crippen LogP contribution in [0.15, 0.2) is 48.8 Å². The smallest absolute Gasteiger partial charge is 0.387 e. The predicted octanol–water partition coefficient (Wildman–Crippen LogP) is 5.13. The number of halogens is 2. The zero-order chi connectivity index (χ0) is 22.5. The second-order valence-corrected chi connectivity index (χ2v) is 7.72. The number of methoxy groups -OCH3 is 1. The number of anilines is 3. The number of hydrogen-bond acceptors (Lipinski definition) is 7. The highest BCUT2D eigenvalue weighted by molar-refractivity contribution is 5.72. The molecule has 0 amide bonds. The Labute approximate surface area is 185 Å². The first-order valence-electron chi connectivity index (χ1n) is 10.5. The Morgan fingerprint density at radius 2 is 1.81 bits per heavy atom. The van der Waals surface area contributed by atoms with E-state index in [1.165, 1.54) is 12.1 Å². The Bertz CT molecular complexity index is 1040. The fourth-order valence-electron chi connectivity index (χ4n) is 3.61. The topological polar surface area (TPSA) is 72.4 Å². The van der Waals surface area contributed by atoms with Gasteiger partial charge in [-0.15, -0.1) is 0 Å². The maximum atomic E-state index is 12.4. The first kappa shape index (κ1) is 21.7. The van der Waals surface area contributed by atoms with Gasteiger partial charge >= 0.3 is 6.61 Å². The molecule has 1 aliphatic rings. The van der Waals surface area contributed by atoms with Crippen LogP contribution in [0.5, 0.6) is 11.6 Å². The molecular weight excluding hydrogens is 416 g/mol. The Morgan fingerprint density at radius 1 is 1.06 bits per heavy atom. The van der Waals surface area contributed by atoms with E-state index in [0.29, 0.717) is 23.3 Å². The fraction of sp³-hybridized carbons (Fsp3) is 0.348. The molecule has 0 radical (unpaired) electrons. The number of nitrogens with one attached hydrogen (secondary N) is 1. The summed E-state index contributed by atoms with van der Waals surface area (Å²) in [5, 5.41) is 3.27. The monoisotopic (exact) mass is 441 g/mol. The zero-order valence-electron chi connectivity index (χ0n) is 18.0. The van der Waals surface area contributed by atoms with Crippen molar-refractivity contribution >= 4 is 17.5 Å². The van der Waals surface area contributed by atoms with Crippen molar-refractivity contribution in [1.82, 2.24) is 15.0 Å². The van der Waals surface area contributed by atoms with Crippen LogP contribution in [0.3, 0.4) is 0 Å². The van der Waals surface area contributed by atoms with Gasteiger partial charge in [-0.3, -0.25) is 0 Å². The lowest BCUT2D eigenvalue weighted by atomic mass is 10.00. The SMILES string of the molecule is COc1ncc(-c2ccc(OC(F)F)cc2)cc1Nc1ccnc(N2CCC(C)CC2)n1. The van der Waals surface area contributed by atoms with Gasteiger partial charge in [0.15, 0.2) is 0 Å². The van der Waals surface area contributed by atoms with E-state index in [4.69, 9.17) is 4.74 Å². The summed E-state index contributed by atoms with van der Waals surface area (Å²) in [5.41, 5.74) is 2.22. The molecule has 168 valence electrons. The number of piperidine rings is 1. The van der Waals surface area contributed by atoms with Gasteiger partial charge in [0.25, 0.3) is 0 Å². The van der Waals surface area contributed by atoms with Crippen molar-refractivity contribution in [3.8, 4) is 22.8 Å². The summed E-state index contributed by atoms with van der Waals surface area (Å²) >= 11 is 0. The molecule has 3 heterocycles. The van der Waals surface area contributed by atoms with Gasteiger partial charge in [-0.25, -0.2) is 9.97 Å². The summed E-state index contributed by atoms with van der Waals surface area (Å²) in [6.07, 6.45) is 5.64.